The molecule has 1 aromatic carbocycles. The Labute approximate surface area is 343 Å². The second kappa shape index (κ2) is 20.9. The standard InChI is InChI=1S/C44H65N3O11/c1-27(56-42(2,3)4)34(47-41(54)55-26-33-31-17-13-11-15-29(31)30-16-12-14-18-32(30)33)21-23-37(49)46-36(40(53)58-44(8,9)10)20-19-28(48)25-45-35(22-24-38(50)51)39(52)57-43(5,6)7/h11-13,15-17,33-36,40,45,53H,1,14,18-26H2,2-10H3,(H,46,49)(H,47,54)(H,50,51)/t33?,34-,35-,36?,40?/m1/s1. The summed E-state index contributed by atoms with van der Waals surface area (Å²) in [6.45, 7) is 19.7. The molecule has 0 spiro atoms. The van der Waals surface area contributed by atoms with Crippen molar-refractivity contribution >= 4 is 35.3 Å². The van der Waals surface area contributed by atoms with E-state index in [9.17, 15) is 29.1 Å². The summed E-state index contributed by atoms with van der Waals surface area (Å²) in [5, 5.41) is 28.6. The number of aliphatic hydroxyl groups is 1. The molecule has 3 unspecified atom stereocenters. The highest BCUT2D eigenvalue weighted by molar-refractivity contribution is 5.85. The number of benzene rings is 1. The van der Waals surface area contributed by atoms with Gasteiger partial charge in [-0.3, -0.25) is 24.5 Å². The third kappa shape index (κ3) is 16.4. The quantitative estimate of drug-likeness (QED) is 0.0534. The van der Waals surface area contributed by atoms with E-state index in [0.29, 0.717) is 0 Å². The number of amides is 2. The number of Topliss-reactive ketones (excluding diaryl/α,β-unsaturated/α-hetero) is 1. The minimum Gasteiger partial charge on any atom is -0.491 e. The summed E-state index contributed by atoms with van der Waals surface area (Å²) in [6.07, 6.45) is 3.38. The zero-order valence-corrected chi connectivity index (χ0v) is 35.7. The Hall–Kier alpha value is -4.53. The lowest BCUT2D eigenvalue weighted by Gasteiger charge is -2.31. The average molecular weight is 812 g/mol. The fraction of sp³-hybridized carbons (Fsp3) is 0.614. The molecule has 14 heteroatoms. The second-order valence-electron chi connectivity index (χ2n) is 17.8. The Balaban J connectivity index is 1.64. The minimum absolute atomic E-state index is 0.0121. The largest absolute Gasteiger partial charge is 0.491 e. The van der Waals surface area contributed by atoms with Gasteiger partial charge >= 0.3 is 18.0 Å². The molecule has 1 aromatic rings. The molecule has 5 atom stereocenters. The summed E-state index contributed by atoms with van der Waals surface area (Å²) in [4.78, 5) is 63.7. The summed E-state index contributed by atoms with van der Waals surface area (Å²) in [5.41, 5.74) is 2.45. The van der Waals surface area contributed by atoms with Crippen molar-refractivity contribution in [2.24, 2.45) is 0 Å². The summed E-state index contributed by atoms with van der Waals surface area (Å²) in [7, 11) is 0. The number of nitrogens with one attached hydrogen (secondary N) is 3. The number of rotatable bonds is 21. The Bertz CT molecular complexity index is 1700. The zero-order valence-electron chi connectivity index (χ0n) is 35.7. The summed E-state index contributed by atoms with van der Waals surface area (Å²) in [5.74, 6) is -2.43. The van der Waals surface area contributed by atoms with Crippen LogP contribution in [-0.2, 0) is 38.1 Å². The van der Waals surface area contributed by atoms with E-state index in [0.717, 1.165) is 24.0 Å². The molecule has 0 aliphatic heterocycles. The molecular weight excluding hydrogens is 746 g/mol. The number of carbonyl (C=O) groups is 5. The molecule has 0 aromatic heterocycles. The van der Waals surface area contributed by atoms with Crippen LogP contribution in [0.2, 0.25) is 0 Å². The van der Waals surface area contributed by atoms with Crippen LogP contribution in [0.3, 0.4) is 0 Å². The Morgan fingerprint density at radius 3 is 2.14 bits per heavy atom. The van der Waals surface area contributed by atoms with Gasteiger partial charge in [-0.1, -0.05) is 48.6 Å². The van der Waals surface area contributed by atoms with E-state index in [4.69, 9.17) is 24.1 Å². The molecular formula is C44H65N3O11. The van der Waals surface area contributed by atoms with Gasteiger partial charge in [-0.2, -0.15) is 0 Å². The van der Waals surface area contributed by atoms with E-state index >= 15 is 0 Å². The van der Waals surface area contributed by atoms with Gasteiger partial charge in [0.1, 0.15) is 35.4 Å². The Kier molecular flexibility index (Phi) is 17.3. The molecule has 5 N–H and O–H groups in total. The Morgan fingerprint density at radius 2 is 1.50 bits per heavy atom. The summed E-state index contributed by atoms with van der Waals surface area (Å²) < 4.78 is 22.9. The van der Waals surface area contributed by atoms with Gasteiger partial charge < -0.3 is 39.8 Å². The maximum Gasteiger partial charge on any atom is 0.407 e. The predicted molar refractivity (Wildman–Crippen MR) is 219 cm³/mol. The number of hydrogen-bond donors (Lipinski definition) is 5. The smallest absolute Gasteiger partial charge is 0.407 e. The van der Waals surface area contributed by atoms with Crippen LogP contribution in [0.25, 0.3) is 5.57 Å². The molecule has 58 heavy (non-hydrogen) atoms. The normalized spacial score (nSPS) is 17.2. The monoisotopic (exact) mass is 811 g/mol. The van der Waals surface area contributed by atoms with Crippen molar-refractivity contribution in [3.63, 3.8) is 0 Å². The van der Waals surface area contributed by atoms with Gasteiger partial charge in [0.05, 0.1) is 24.2 Å². The van der Waals surface area contributed by atoms with Crippen LogP contribution < -0.4 is 16.0 Å². The van der Waals surface area contributed by atoms with Crippen molar-refractivity contribution in [3.8, 4) is 0 Å². The number of aliphatic carboxylic acids is 1. The van der Waals surface area contributed by atoms with Crippen LogP contribution in [0.5, 0.6) is 0 Å². The van der Waals surface area contributed by atoms with Crippen LogP contribution in [0, 0.1) is 0 Å². The maximum absolute atomic E-state index is 13.4. The lowest BCUT2D eigenvalue weighted by atomic mass is 9.91. The SMILES string of the molecule is C=C(OC(C)(C)C)[C@@H](CCC(=O)NC(CCC(=O)CN[C@H](CCC(=O)O)C(=O)OC(C)(C)C)C(O)OC(C)(C)C)NC(=O)OCC1C2=C(C=CCC2)c2ccccc21. The minimum atomic E-state index is -1.48. The molecule has 14 nitrogen and oxygen atoms in total. The van der Waals surface area contributed by atoms with Crippen LogP contribution in [-0.4, -0.2) is 94.3 Å². The van der Waals surface area contributed by atoms with Crippen molar-refractivity contribution in [2.75, 3.05) is 13.2 Å². The zero-order chi connectivity index (χ0) is 43.4. The molecule has 0 saturated heterocycles. The molecule has 2 aliphatic rings. The van der Waals surface area contributed by atoms with E-state index in [2.05, 4.69) is 46.8 Å². The fourth-order valence-corrected chi connectivity index (χ4v) is 6.72. The number of hydrogen-bond acceptors (Lipinski definition) is 11. The van der Waals surface area contributed by atoms with Gasteiger partial charge in [0.2, 0.25) is 5.91 Å². The van der Waals surface area contributed by atoms with E-state index in [-0.39, 0.29) is 69.1 Å². The van der Waals surface area contributed by atoms with Crippen molar-refractivity contribution in [3.05, 3.63) is 65.5 Å². The highest BCUT2D eigenvalue weighted by Gasteiger charge is 2.33. The Morgan fingerprint density at radius 1 is 0.845 bits per heavy atom. The molecule has 322 valence electrons. The molecule has 0 radical (unpaired) electrons. The van der Waals surface area contributed by atoms with E-state index in [1.54, 1.807) is 41.5 Å². The number of ketones is 1. The molecule has 0 bridgehead atoms. The third-order valence-electron chi connectivity index (χ3n) is 9.20. The lowest BCUT2D eigenvalue weighted by molar-refractivity contribution is -0.182. The molecule has 2 amide bonds. The van der Waals surface area contributed by atoms with Crippen LogP contribution in [0.15, 0.2) is 54.3 Å². The number of aliphatic hydroxyl groups excluding tert-OH is 1. The number of alkyl carbamates (subject to hydrolysis) is 1. The highest BCUT2D eigenvalue weighted by atomic mass is 16.6. The van der Waals surface area contributed by atoms with Crippen molar-refractivity contribution in [1.82, 2.24) is 16.0 Å². The van der Waals surface area contributed by atoms with Crippen LogP contribution >= 0.6 is 0 Å². The number of esters is 1. The summed E-state index contributed by atoms with van der Waals surface area (Å²) in [6, 6.07) is 5.29. The first kappa shape index (κ1) is 47.8. The molecule has 3 rings (SSSR count). The number of carboxylic acid groups (broad SMARTS) is 1. The fourth-order valence-electron chi connectivity index (χ4n) is 6.72. The van der Waals surface area contributed by atoms with Gasteiger partial charge in [0.15, 0.2) is 6.29 Å². The lowest BCUT2D eigenvalue weighted by Crippen LogP contribution is -2.48. The number of carboxylic acids is 1. The predicted octanol–water partition coefficient (Wildman–Crippen LogP) is 6.22. The molecule has 2 aliphatic carbocycles. The van der Waals surface area contributed by atoms with Crippen molar-refractivity contribution in [1.29, 1.82) is 0 Å². The number of carbonyl (C=O) groups excluding carboxylic acids is 4. The van der Waals surface area contributed by atoms with Crippen LogP contribution in [0.4, 0.5) is 4.79 Å². The molecule has 0 heterocycles. The average Bonchev–Trinajstić information content (AvgIpc) is 3.41. The van der Waals surface area contributed by atoms with Crippen molar-refractivity contribution in [2.45, 2.75) is 161 Å². The van der Waals surface area contributed by atoms with Gasteiger partial charge in [-0.25, -0.2) is 4.79 Å². The number of allylic oxidation sites excluding steroid dienone is 3. The number of fused-ring (bicyclic) bond motifs is 2. The van der Waals surface area contributed by atoms with E-state index < -0.39 is 65.2 Å². The van der Waals surface area contributed by atoms with E-state index in [1.165, 1.54) is 11.1 Å². The highest BCUT2D eigenvalue weighted by Crippen LogP contribution is 2.46. The summed E-state index contributed by atoms with van der Waals surface area (Å²) >= 11 is 0. The molecule has 0 fully saturated rings. The van der Waals surface area contributed by atoms with Gasteiger partial charge in [-0.05, 0) is 111 Å². The van der Waals surface area contributed by atoms with Gasteiger partial charge in [-0.15, -0.1) is 0 Å². The second-order valence-corrected chi connectivity index (χ2v) is 17.8. The first-order valence-corrected chi connectivity index (χ1v) is 20.1. The molecule has 0 saturated carbocycles. The van der Waals surface area contributed by atoms with Gasteiger partial charge in [0.25, 0.3) is 0 Å². The van der Waals surface area contributed by atoms with Crippen molar-refractivity contribution < 1.29 is 53.1 Å². The first-order valence-electron chi connectivity index (χ1n) is 20.1. The third-order valence-corrected chi connectivity index (χ3v) is 9.20. The first-order chi connectivity index (χ1) is 26.9. The van der Waals surface area contributed by atoms with Gasteiger partial charge in [0, 0.05) is 25.2 Å². The van der Waals surface area contributed by atoms with Crippen LogP contribution in [0.1, 0.15) is 131 Å². The maximum atomic E-state index is 13.4. The van der Waals surface area contributed by atoms with E-state index in [1.807, 2.05) is 32.9 Å². The number of ether oxygens (including phenoxy) is 4. The topological polar surface area (TPSA) is 199 Å².